The number of nitrogens with zero attached hydrogens (tertiary/aromatic N) is 2. The number of carbonyl (C=O) groups is 1. The number of aromatic nitrogens is 2. The molecule has 2 aromatic rings. The van der Waals surface area contributed by atoms with Crippen molar-refractivity contribution < 1.29 is 14.3 Å². The molecule has 0 aromatic carbocycles. The number of urea groups is 1. The number of furan rings is 1. The van der Waals surface area contributed by atoms with Gasteiger partial charge >= 0.3 is 6.03 Å². The fourth-order valence-electron chi connectivity index (χ4n) is 2.08. The Morgan fingerprint density at radius 3 is 2.95 bits per heavy atom. The van der Waals surface area contributed by atoms with E-state index < -0.39 is 5.60 Å². The first kappa shape index (κ1) is 16.1. The molecular formula is C15H22N4O3. The van der Waals surface area contributed by atoms with Crippen LogP contribution in [0.2, 0.25) is 0 Å². The Labute approximate surface area is 129 Å². The minimum absolute atomic E-state index is 0.0783. The standard InChI is InChI=1S/C15H22N4O3/c1-15(21,13-6-4-8-22-13)11-17-14(20)16-7-3-5-12-9-18-19(2)10-12/h4,6,8-10,21H,3,5,7,11H2,1-2H3,(H2,16,17,20). The monoisotopic (exact) mass is 306 g/mol. The maximum absolute atomic E-state index is 11.7. The topological polar surface area (TPSA) is 92.3 Å². The summed E-state index contributed by atoms with van der Waals surface area (Å²) >= 11 is 0. The van der Waals surface area contributed by atoms with E-state index in [0.717, 1.165) is 18.4 Å². The van der Waals surface area contributed by atoms with Gasteiger partial charge in [-0.3, -0.25) is 4.68 Å². The lowest BCUT2D eigenvalue weighted by atomic mass is 10.0. The molecule has 0 radical (unpaired) electrons. The lowest BCUT2D eigenvalue weighted by Crippen LogP contribution is -2.43. The summed E-state index contributed by atoms with van der Waals surface area (Å²) in [6.07, 6.45) is 6.95. The molecule has 0 aliphatic heterocycles. The Morgan fingerprint density at radius 2 is 2.32 bits per heavy atom. The number of hydrogen-bond acceptors (Lipinski definition) is 4. The van der Waals surface area contributed by atoms with E-state index in [1.54, 1.807) is 23.7 Å². The van der Waals surface area contributed by atoms with Crippen molar-refractivity contribution in [2.75, 3.05) is 13.1 Å². The molecule has 0 aliphatic carbocycles. The van der Waals surface area contributed by atoms with Crippen molar-refractivity contribution in [1.82, 2.24) is 20.4 Å². The molecule has 2 amide bonds. The third-order valence-electron chi connectivity index (χ3n) is 3.33. The summed E-state index contributed by atoms with van der Waals surface area (Å²) in [6.45, 7) is 2.23. The molecule has 2 rings (SSSR count). The zero-order valence-electron chi connectivity index (χ0n) is 12.9. The van der Waals surface area contributed by atoms with Crippen molar-refractivity contribution >= 4 is 6.03 Å². The van der Waals surface area contributed by atoms with E-state index >= 15 is 0 Å². The van der Waals surface area contributed by atoms with Crippen LogP contribution in [-0.4, -0.2) is 34.0 Å². The number of nitrogens with one attached hydrogen (secondary N) is 2. The Morgan fingerprint density at radius 1 is 1.50 bits per heavy atom. The van der Waals surface area contributed by atoms with E-state index in [1.165, 1.54) is 6.26 Å². The minimum Gasteiger partial charge on any atom is -0.466 e. The third kappa shape index (κ3) is 4.63. The van der Waals surface area contributed by atoms with Crippen LogP contribution in [0.25, 0.3) is 0 Å². The second-order valence-electron chi connectivity index (χ2n) is 5.49. The zero-order chi connectivity index (χ0) is 16.0. The van der Waals surface area contributed by atoms with Gasteiger partial charge in [0.15, 0.2) is 0 Å². The first-order valence-electron chi connectivity index (χ1n) is 7.23. The lowest BCUT2D eigenvalue weighted by Gasteiger charge is -2.21. The summed E-state index contributed by atoms with van der Waals surface area (Å²) in [4.78, 5) is 11.7. The van der Waals surface area contributed by atoms with Crippen LogP contribution >= 0.6 is 0 Å². The molecular weight excluding hydrogens is 284 g/mol. The molecule has 3 N–H and O–H groups in total. The summed E-state index contributed by atoms with van der Waals surface area (Å²) < 4.78 is 6.91. The Hall–Kier alpha value is -2.28. The molecule has 0 bridgehead atoms. The molecule has 22 heavy (non-hydrogen) atoms. The average molecular weight is 306 g/mol. The van der Waals surface area contributed by atoms with Crippen molar-refractivity contribution in [3.05, 3.63) is 42.1 Å². The number of carbonyl (C=O) groups excluding carboxylic acids is 1. The van der Waals surface area contributed by atoms with Crippen LogP contribution in [0.5, 0.6) is 0 Å². The van der Waals surface area contributed by atoms with Gasteiger partial charge in [0.1, 0.15) is 11.4 Å². The van der Waals surface area contributed by atoms with Crippen molar-refractivity contribution in [3.63, 3.8) is 0 Å². The van der Waals surface area contributed by atoms with Crippen molar-refractivity contribution in [3.8, 4) is 0 Å². The summed E-state index contributed by atoms with van der Waals surface area (Å²) in [5.41, 5.74) is -0.0817. The molecule has 0 spiro atoms. The number of hydrogen-bond donors (Lipinski definition) is 3. The highest BCUT2D eigenvalue weighted by Crippen LogP contribution is 2.19. The number of amides is 2. The van der Waals surface area contributed by atoms with E-state index in [2.05, 4.69) is 15.7 Å². The predicted molar refractivity (Wildman–Crippen MR) is 81.2 cm³/mol. The molecule has 120 valence electrons. The maximum Gasteiger partial charge on any atom is 0.314 e. The van der Waals surface area contributed by atoms with Gasteiger partial charge in [0.25, 0.3) is 0 Å². The van der Waals surface area contributed by atoms with E-state index in [-0.39, 0.29) is 12.6 Å². The van der Waals surface area contributed by atoms with Gasteiger partial charge in [-0.15, -0.1) is 0 Å². The van der Waals surface area contributed by atoms with Gasteiger partial charge in [-0.1, -0.05) is 0 Å². The molecule has 0 saturated carbocycles. The third-order valence-corrected chi connectivity index (χ3v) is 3.33. The average Bonchev–Trinajstić information content (AvgIpc) is 3.13. The van der Waals surface area contributed by atoms with Crippen molar-refractivity contribution in [2.45, 2.75) is 25.4 Å². The van der Waals surface area contributed by atoms with Crippen molar-refractivity contribution in [2.24, 2.45) is 7.05 Å². The van der Waals surface area contributed by atoms with Crippen LogP contribution in [0, 0.1) is 0 Å². The largest absolute Gasteiger partial charge is 0.466 e. The molecule has 7 nitrogen and oxygen atoms in total. The van der Waals surface area contributed by atoms with Crippen LogP contribution in [-0.2, 0) is 19.1 Å². The highest BCUT2D eigenvalue weighted by molar-refractivity contribution is 5.73. The molecule has 2 heterocycles. The Bertz CT molecular complexity index is 590. The summed E-state index contributed by atoms with van der Waals surface area (Å²) in [7, 11) is 1.88. The van der Waals surface area contributed by atoms with Gasteiger partial charge in [-0.2, -0.15) is 5.10 Å². The van der Waals surface area contributed by atoms with Crippen LogP contribution in [0.4, 0.5) is 4.79 Å². The molecule has 7 heteroatoms. The first-order chi connectivity index (χ1) is 10.5. The van der Waals surface area contributed by atoms with Gasteiger partial charge in [0.05, 0.1) is 19.0 Å². The highest BCUT2D eigenvalue weighted by Gasteiger charge is 2.26. The fraction of sp³-hybridized carbons (Fsp3) is 0.467. The molecule has 0 aliphatic rings. The summed E-state index contributed by atoms with van der Waals surface area (Å²) in [5.74, 6) is 0.421. The first-order valence-corrected chi connectivity index (χ1v) is 7.23. The van der Waals surface area contributed by atoms with Crippen LogP contribution < -0.4 is 10.6 Å². The molecule has 0 fully saturated rings. The van der Waals surface area contributed by atoms with Gasteiger partial charge in [-0.05, 0) is 37.5 Å². The maximum atomic E-state index is 11.7. The van der Waals surface area contributed by atoms with Crippen LogP contribution in [0.1, 0.15) is 24.7 Å². The van der Waals surface area contributed by atoms with Gasteiger partial charge in [0, 0.05) is 19.8 Å². The van der Waals surface area contributed by atoms with E-state index in [0.29, 0.717) is 12.3 Å². The second kappa shape index (κ2) is 7.13. The Balaban J connectivity index is 1.64. The van der Waals surface area contributed by atoms with Gasteiger partial charge in [-0.25, -0.2) is 4.79 Å². The minimum atomic E-state index is -1.23. The lowest BCUT2D eigenvalue weighted by molar-refractivity contribution is 0.0367. The van der Waals surface area contributed by atoms with Gasteiger partial charge < -0.3 is 20.2 Å². The van der Waals surface area contributed by atoms with E-state index in [4.69, 9.17) is 4.42 Å². The highest BCUT2D eigenvalue weighted by atomic mass is 16.4. The van der Waals surface area contributed by atoms with Crippen LogP contribution in [0.15, 0.2) is 35.2 Å². The fourth-order valence-corrected chi connectivity index (χ4v) is 2.08. The van der Waals surface area contributed by atoms with Gasteiger partial charge in [0.2, 0.25) is 0 Å². The molecule has 2 aromatic heterocycles. The summed E-state index contributed by atoms with van der Waals surface area (Å²) in [5, 5.41) is 19.7. The SMILES string of the molecule is Cn1cc(CCCNC(=O)NCC(C)(O)c2ccco2)cn1. The van der Waals surface area contributed by atoms with E-state index in [9.17, 15) is 9.90 Å². The Kier molecular flexibility index (Phi) is 5.21. The molecule has 1 unspecified atom stereocenters. The quantitative estimate of drug-likeness (QED) is 0.669. The predicted octanol–water partition coefficient (Wildman–Crippen LogP) is 1.15. The second-order valence-corrected chi connectivity index (χ2v) is 5.49. The zero-order valence-corrected chi connectivity index (χ0v) is 12.9. The molecule has 1 atom stereocenters. The summed E-state index contributed by atoms with van der Waals surface area (Å²) in [6, 6.07) is 3.06. The number of aryl methyl sites for hydroxylation is 2. The number of aliphatic hydroxyl groups is 1. The number of rotatable bonds is 7. The molecule has 0 saturated heterocycles. The smallest absolute Gasteiger partial charge is 0.314 e. The van der Waals surface area contributed by atoms with E-state index in [1.807, 2.05) is 19.4 Å². The van der Waals surface area contributed by atoms with Crippen LogP contribution in [0.3, 0.4) is 0 Å². The normalized spacial score (nSPS) is 13.6. The van der Waals surface area contributed by atoms with Crippen molar-refractivity contribution in [1.29, 1.82) is 0 Å².